The van der Waals surface area contributed by atoms with Gasteiger partial charge in [0.2, 0.25) is 0 Å². The van der Waals surface area contributed by atoms with Crippen molar-refractivity contribution in [2.45, 2.75) is 56.7 Å². The summed E-state index contributed by atoms with van der Waals surface area (Å²) in [5, 5.41) is 14.3. The quantitative estimate of drug-likeness (QED) is 0.589. The van der Waals surface area contributed by atoms with Crippen LogP contribution in [0.25, 0.3) is 11.1 Å². The molecule has 0 radical (unpaired) electrons. The summed E-state index contributed by atoms with van der Waals surface area (Å²) >= 11 is 0. The predicted molar refractivity (Wildman–Crippen MR) is 112 cm³/mol. The van der Waals surface area contributed by atoms with E-state index < -0.39 is 11.9 Å². The van der Waals surface area contributed by atoms with E-state index >= 15 is 0 Å². The highest BCUT2D eigenvalue weighted by Gasteiger charge is 2.26. The maximum absolute atomic E-state index is 11.4. The Kier molecular flexibility index (Phi) is 5.74. The number of ether oxygens (including phenoxy) is 1. The summed E-state index contributed by atoms with van der Waals surface area (Å²) in [5.41, 5.74) is 3.49. The Bertz CT molecular complexity index is 1000. The van der Waals surface area contributed by atoms with Crippen molar-refractivity contribution in [3.63, 3.8) is 0 Å². The van der Waals surface area contributed by atoms with Crippen LogP contribution in [-0.2, 0) is 0 Å². The highest BCUT2D eigenvalue weighted by molar-refractivity contribution is 5.72. The van der Waals surface area contributed by atoms with Crippen LogP contribution < -0.4 is 15.8 Å². The van der Waals surface area contributed by atoms with Gasteiger partial charge in [-0.3, -0.25) is 4.98 Å². The van der Waals surface area contributed by atoms with Crippen LogP contribution >= 0.6 is 0 Å². The zero-order valence-corrected chi connectivity index (χ0v) is 16.9. The molecule has 0 spiro atoms. The molecule has 4 rings (SSSR count). The minimum atomic E-state index is -0.558. The SMILES string of the molecule is COc1ccc(C(O)C(C)NC2CCC(c3ccc4[nH]c(=O)oc4c3)CC2)cc1. The Balaban J connectivity index is 1.33. The number of H-pyrrole nitrogens is 1. The molecule has 1 saturated carbocycles. The van der Waals surface area contributed by atoms with E-state index in [9.17, 15) is 9.90 Å². The van der Waals surface area contributed by atoms with E-state index in [1.165, 1.54) is 5.56 Å². The molecule has 3 aromatic rings. The largest absolute Gasteiger partial charge is 0.497 e. The molecule has 29 heavy (non-hydrogen) atoms. The smallest absolute Gasteiger partial charge is 0.417 e. The number of aliphatic hydroxyl groups is 1. The van der Waals surface area contributed by atoms with Gasteiger partial charge in [-0.2, -0.15) is 0 Å². The summed E-state index contributed by atoms with van der Waals surface area (Å²) in [5.74, 6) is 0.853. The van der Waals surface area contributed by atoms with Gasteiger partial charge in [-0.1, -0.05) is 18.2 Å². The van der Waals surface area contributed by atoms with Crippen LogP contribution in [0.3, 0.4) is 0 Å². The van der Waals surface area contributed by atoms with Crippen LogP contribution in [0.15, 0.2) is 51.7 Å². The number of oxazole rings is 1. The minimum absolute atomic E-state index is 0.0320. The topological polar surface area (TPSA) is 87.5 Å². The van der Waals surface area contributed by atoms with E-state index in [1.54, 1.807) is 7.11 Å². The predicted octanol–water partition coefficient (Wildman–Crippen LogP) is 3.87. The van der Waals surface area contributed by atoms with Gasteiger partial charge < -0.3 is 19.6 Å². The molecule has 0 bridgehead atoms. The first kappa shape index (κ1) is 19.7. The summed E-state index contributed by atoms with van der Waals surface area (Å²) in [7, 11) is 1.64. The highest BCUT2D eigenvalue weighted by Crippen LogP contribution is 2.34. The Labute approximate surface area is 169 Å². The van der Waals surface area contributed by atoms with Crippen molar-refractivity contribution in [1.29, 1.82) is 0 Å². The van der Waals surface area contributed by atoms with E-state index in [-0.39, 0.29) is 6.04 Å². The van der Waals surface area contributed by atoms with Crippen LogP contribution in [0.5, 0.6) is 5.75 Å². The van der Waals surface area contributed by atoms with Gasteiger partial charge in [0, 0.05) is 12.1 Å². The molecule has 2 aromatic carbocycles. The summed E-state index contributed by atoms with van der Waals surface area (Å²) in [6.07, 6.45) is 3.70. The molecule has 2 atom stereocenters. The maximum Gasteiger partial charge on any atom is 0.417 e. The van der Waals surface area contributed by atoms with Gasteiger partial charge in [0.15, 0.2) is 5.58 Å². The summed E-state index contributed by atoms with van der Waals surface area (Å²) in [6, 6.07) is 13.9. The number of hydrogen-bond donors (Lipinski definition) is 3. The van der Waals surface area contributed by atoms with Crippen molar-refractivity contribution in [3.05, 3.63) is 64.1 Å². The van der Waals surface area contributed by atoms with Crippen LogP contribution in [0.4, 0.5) is 0 Å². The third-order valence-corrected chi connectivity index (χ3v) is 6.07. The number of rotatable bonds is 6. The van der Waals surface area contributed by atoms with Gasteiger partial charge in [0.25, 0.3) is 0 Å². The second kappa shape index (κ2) is 8.43. The fourth-order valence-corrected chi connectivity index (χ4v) is 4.36. The zero-order chi connectivity index (χ0) is 20.4. The molecule has 1 aliphatic rings. The molecular formula is C23H28N2O4. The third-order valence-electron chi connectivity index (χ3n) is 6.07. The molecule has 0 aliphatic heterocycles. The number of fused-ring (bicyclic) bond motifs is 1. The molecule has 2 unspecified atom stereocenters. The van der Waals surface area contributed by atoms with Gasteiger partial charge in [-0.15, -0.1) is 0 Å². The highest BCUT2D eigenvalue weighted by atomic mass is 16.5. The van der Waals surface area contributed by atoms with E-state index in [0.29, 0.717) is 17.5 Å². The van der Waals surface area contributed by atoms with Gasteiger partial charge in [0.05, 0.1) is 18.7 Å². The van der Waals surface area contributed by atoms with Crippen molar-refractivity contribution in [3.8, 4) is 5.75 Å². The molecule has 1 heterocycles. The fraction of sp³-hybridized carbons (Fsp3) is 0.435. The number of methoxy groups -OCH3 is 1. The van der Waals surface area contributed by atoms with Crippen LogP contribution in [-0.4, -0.2) is 29.3 Å². The Morgan fingerprint density at radius 3 is 2.55 bits per heavy atom. The average molecular weight is 396 g/mol. The van der Waals surface area contributed by atoms with Gasteiger partial charge >= 0.3 is 5.76 Å². The van der Waals surface area contributed by atoms with Gasteiger partial charge in [0.1, 0.15) is 5.75 Å². The van der Waals surface area contributed by atoms with Crippen molar-refractivity contribution in [1.82, 2.24) is 10.3 Å². The minimum Gasteiger partial charge on any atom is -0.497 e. The molecule has 6 nitrogen and oxygen atoms in total. The Morgan fingerprint density at radius 2 is 1.86 bits per heavy atom. The monoisotopic (exact) mass is 396 g/mol. The number of benzene rings is 2. The Hall–Kier alpha value is -2.57. The Morgan fingerprint density at radius 1 is 1.14 bits per heavy atom. The molecule has 0 amide bonds. The summed E-state index contributed by atoms with van der Waals surface area (Å²) in [6.45, 7) is 2.03. The fourth-order valence-electron chi connectivity index (χ4n) is 4.36. The van der Waals surface area contributed by atoms with Crippen molar-refractivity contribution < 1.29 is 14.3 Å². The second-order valence-corrected chi connectivity index (χ2v) is 7.99. The van der Waals surface area contributed by atoms with Gasteiger partial charge in [-0.25, -0.2) is 4.79 Å². The number of aromatic amines is 1. The lowest BCUT2D eigenvalue weighted by Gasteiger charge is -2.33. The summed E-state index contributed by atoms with van der Waals surface area (Å²) in [4.78, 5) is 14.0. The molecular weight excluding hydrogens is 368 g/mol. The first-order valence-corrected chi connectivity index (χ1v) is 10.2. The van der Waals surface area contributed by atoms with Crippen LogP contribution in [0, 0.1) is 0 Å². The maximum atomic E-state index is 11.4. The van der Waals surface area contributed by atoms with E-state index in [0.717, 1.165) is 42.5 Å². The first-order chi connectivity index (χ1) is 14.0. The molecule has 1 fully saturated rings. The van der Waals surface area contributed by atoms with E-state index in [2.05, 4.69) is 16.4 Å². The van der Waals surface area contributed by atoms with Crippen molar-refractivity contribution in [2.75, 3.05) is 7.11 Å². The van der Waals surface area contributed by atoms with Gasteiger partial charge in [-0.05, 0) is 73.9 Å². The second-order valence-electron chi connectivity index (χ2n) is 7.99. The zero-order valence-electron chi connectivity index (χ0n) is 16.9. The van der Waals surface area contributed by atoms with Crippen molar-refractivity contribution in [2.24, 2.45) is 0 Å². The van der Waals surface area contributed by atoms with Crippen LogP contribution in [0.1, 0.15) is 55.8 Å². The molecule has 154 valence electrons. The number of aromatic nitrogens is 1. The van der Waals surface area contributed by atoms with Crippen molar-refractivity contribution >= 4 is 11.1 Å². The molecule has 0 saturated heterocycles. The number of aliphatic hydroxyl groups excluding tert-OH is 1. The standard InChI is InChI=1S/C23H28N2O4/c1-14(22(26)16-5-10-19(28-2)11-6-16)24-18-8-3-15(4-9-18)17-7-12-20-21(13-17)29-23(27)25-20/h5-7,10-15,18,22,24,26H,3-4,8-9H2,1-2H3,(H,25,27). The lowest BCUT2D eigenvalue weighted by molar-refractivity contribution is 0.124. The lowest BCUT2D eigenvalue weighted by Crippen LogP contribution is -2.41. The van der Waals surface area contributed by atoms with E-state index in [1.807, 2.05) is 43.3 Å². The average Bonchev–Trinajstić information content (AvgIpc) is 3.13. The molecule has 3 N–H and O–H groups in total. The van der Waals surface area contributed by atoms with Crippen LogP contribution in [0.2, 0.25) is 0 Å². The molecule has 6 heteroatoms. The normalized spacial score (nSPS) is 21.8. The van der Waals surface area contributed by atoms with E-state index in [4.69, 9.17) is 9.15 Å². The molecule has 1 aliphatic carbocycles. The first-order valence-electron chi connectivity index (χ1n) is 10.2. The third kappa shape index (κ3) is 4.38. The number of hydrogen-bond acceptors (Lipinski definition) is 5. The lowest BCUT2D eigenvalue weighted by atomic mass is 9.81. The number of nitrogens with one attached hydrogen (secondary N) is 2. The summed E-state index contributed by atoms with van der Waals surface area (Å²) < 4.78 is 10.4. The molecule has 1 aromatic heterocycles.